The molecule has 0 aromatic rings. The highest BCUT2D eigenvalue weighted by molar-refractivity contribution is 8.02. The summed E-state index contributed by atoms with van der Waals surface area (Å²) in [5.41, 5.74) is 5.59. The molecule has 11 heavy (non-hydrogen) atoms. The largest absolute Gasteiger partial charge is 0.478 e. The van der Waals surface area contributed by atoms with Crippen molar-refractivity contribution in [3.05, 3.63) is 11.5 Å². The monoisotopic (exact) mass is 175 g/mol. The summed E-state index contributed by atoms with van der Waals surface area (Å²) in [7, 11) is 0. The van der Waals surface area contributed by atoms with Gasteiger partial charge in [0, 0.05) is 17.9 Å². The first-order valence-corrected chi connectivity index (χ1v) is 4.48. The smallest absolute Gasteiger partial charge is 0.328 e. The van der Waals surface area contributed by atoms with Crippen molar-refractivity contribution in [1.29, 1.82) is 0 Å². The van der Waals surface area contributed by atoms with E-state index in [4.69, 9.17) is 10.8 Å². The average molecular weight is 175 g/mol. The van der Waals surface area contributed by atoms with E-state index in [1.807, 2.05) is 6.92 Å². The Morgan fingerprint density at radius 2 is 2.45 bits per heavy atom. The molecule has 0 spiro atoms. The van der Waals surface area contributed by atoms with E-state index in [-0.39, 0.29) is 6.04 Å². The van der Waals surface area contributed by atoms with Crippen molar-refractivity contribution < 1.29 is 9.90 Å². The lowest BCUT2D eigenvalue weighted by Gasteiger charge is -2.03. The summed E-state index contributed by atoms with van der Waals surface area (Å²) in [6, 6.07) is 0.165. The van der Waals surface area contributed by atoms with Gasteiger partial charge in [0.1, 0.15) is 0 Å². The zero-order valence-electron chi connectivity index (χ0n) is 6.49. The maximum atomic E-state index is 9.98. The Bertz CT molecular complexity index is 147. The molecular formula is C7H13NO2S. The van der Waals surface area contributed by atoms with E-state index < -0.39 is 5.97 Å². The summed E-state index contributed by atoms with van der Waals surface area (Å²) < 4.78 is 0. The summed E-state index contributed by atoms with van der Waals surface area (Å²) in [6.07, 6.45) is 2.04. The van der Waals surface area contributed by atoms with Gasteiger partial charge >= 0.3 is 5.97 Å². The van der Waals surface area contributed by atoms with Crippen LogP contribution in [-0.4, -0.2) is 22.9 Å². The van der Waals surface area contributed by atoms with Gasteiger partial charge in [0.15, 0.2) is 0 Å². The minimum atomic E-state index is -0.914. The average Bonchev–Trinajstić information content (AvgIpc) is 1.97. The van der Waals surface area contributed by atoms with Crippen molar-refractivity contribution in [2.75, 3.05) is 5.75 Å². The van der Waals surface area contributed by atoms with Crippen LogP contribution in [0.15, 0.2) is 11.5 Å². The van der Waals surface area contributed by atoms with Gasteiger partial charge in [-0.1, -0.05) is 6.92 Å². The zero-order chi connectivity index (χ0) is 8.69. The van der Waals surface area contributed by atoms with Crippen LogP contribution in [0.1, 0.15) is 13.3 Å². The molecule has 3 nitrogen and oxygen atoms in total. The van der Waals surface area contributed by atoms with Crippen LogP contribution < -0.4 is 5.73 Å². The molecule has 0 aromatic carbocycles. The number of nitrogens with two attached hydrogens (primary N) is 1. The van der Waals surface area contributed by atoms with E-state index >= 15 is 0 Å². The molecular weight excluding hydrogens is 162 g/mol. The number of carbonyl (C=O) groups is 1. The van der Waals surface area contributed by atoms with Crippen molar-refractivity contribution in [2.24, 2.45) is 5.73 Å². The fraction of sp³-hybridized carbons (Fsp3) is 0.571. The standard InChI is InChI=1S/C7H13NO2S/c1-2-6(8)5-11-4-3-7(9)10/h3-4,6H,2,5,8H2,1H3,(H,9,10). The third kappa shape index (κ3) is 7.42. The van der Waals surface area contributed by atoms with Gasteiger partial charge in [-0.2, -0.15) is 0 Å². The Kier molecular flexibility index (Phi) is 5.97. The Balaban J connectivity index is 3.33. The molecule has 3 N–H and O–H groups in total. The molecule has 1 atom stereocenters. The van der Waals surface area contributed by atoms with E-state index in [0.29, 0.717) is 0 Å². The van der Waals surface area contributed by atoms with Gasteiger partial charge in [-0.05, 0) is 11.8 Å². The van der Waals surface area contributed by atoms with Gasteiger partial charge < -0.3 is 10.8 Å². The number of rotatable bonds is 5. The lowest BCUT2D eigenvalue weighted by atomic mass is 10.3. The van der Waals surface area contributed by atoms with E-state index in [1.54, 1.807) is 5.41 Å². The highest BCUT2D eigenvalue weighted by Gasteiger charge is 1.95. The van der Waals surface area contributed by atoms with Crippen molar-refractivity contribution >= 4 is 17.7 Å². The lowest BCUT2D eigenvalue weighted by Crippen LogP contribution is -2.20. The minimum absolute atomic E-state index is 0.165. The Morgan fingerprint density at radius 3 is 2.91 bits per heavy atom. The summed E-state index contributed by atoms with van der Waals surface area (Å²) in [5.74, 6) is -0.136. The van der Waals surface area contributed by atoms with Crippen LogP contribution in [-0.2, 0) is 4.79 Å². The van der Waals surface area contributed by atoms with Gasteiger partial charge in [0.2, 0.25) is 0 Å². The van der Waals surface area contributed by atoms with Crippen molar-refractivity contribution in [1.82, 2.24) is 0 Å². The predicted molar refractivity (Wildman–Crippen MR) is 47.5 cm³/mol. The molecule has 64 valence electrons. The van der Waals surface area contributed by atoms with Crippen molar-refractivity contribution in [3.8, 4) is 0 Å². The first-order valence-electron chi connectivity index (χ1n) is 3.43. The van der Waals surface area contributed by atoms with E-state index in [0.717, 1.165) is 18.2 Å². The molecule has 0 radical (unpaired) electrons. The van der Waals surface area contributed by atoms with Crippen LogP contribution >= 0.6 is 11.8 Å². The SMILES string of the molecule is CCC(N)CSC=CC(=O)O. The number of carboxylic acid groups (broad SMARTS) is 1. The maximum Gasteiger partial charge on any atom is 0.328 e. The molecule has 0 aliphatic heterocycles. The molecule has 0 amide bonds. The van der Waals surface area contributed by atoms with Crippen LogP contribution in [0, 0.1) is 0 Å². The van der Waals surface area contributed by atoms with E-state index in [9.17, 15) is 4.79 Å². The third-order valence-electron chi connectivity index (χ3n) is 1.14. The molecule has 0 saturated heterocycles. The van der Waals surface area contributed by atoms with Gasteiger partial charge in [-0.15, -0.1) is 11.8 Å². The normalized spacial score (nSPS) is 13.6. The Morgan fingerprint density at radius 1 is 1.82 bits per heavy atom. The molecule has 0 aliphatic carbocycles. The van der Waals surface area contributed by atoms with Crippen LogP contribution in [0.4, 0.5) is 0 Å². The van der Waals surface area contributed by atoms with Crippen LogP contribution in [0.3, 0.4) is 0 Å². The van der Waals surface area contributed by atoms with Crippen LogP contribution in [0.2, 0.25) is 0 Å². The number of thioether (sulfide) groups is 1. The van der Waals surface area contributed by atoms with E-state index in [1.165, 1.54) is 11.8 Å². The molecule has 0 rings (SSSR count). The number of hydrogen-bond donors (Lipinski definition) is 2. The fourth-order valence-electron chi connectivity index (χ4n) is 0.403. The highest BCUT2D eigenvalue weighted by Crippen LogP contribution is 2.04. The van der Waals surface area contributed by atoms with E-state index in [2.05, 4.69) is 0 Å². The second-order valence-corrected chi connectivity index (χ2v) is 3.08. The number of aliphatic carboxylic acids is 1. The van der Waals surface area contributed by atoms with Crippen molar-refractivity contribution in [3.63, 3.8) is 0 Å². The molecule has 4 heteroatoms. The molecule has 0 aromatic heterocycles. The summed E-state index contributed by atoms with van der Waals surface area (Å²) in [5, 5.41) is 9.76. The van der Waals surface area contributed by atoms with Crippen molar-refractivity contribution in [2.45, 2.75) is 19.4 Å². The number of hydrogen-bond acceptors (Lipinski definition) is 3. The van der Waals surface area contributed by atoms with Gasteiger partial charge in [-0.25, -0.2) is 4.79 Å². The molecule has 1 unspecified atom stereocenters. The number of carboxylic acids is 1. The highest BCUT2D eigenvalue weighted by atomic mass is 32.2. The maximum absolute atomic E-state index is 9.98. The van der Waals surface area contributed by atoms with Crippen LogP contribution in [0.25, 0.3) is 0 Å². The minimum Gasteiger partial charge on any atom is -0.478 e. The van der Waals surface area contributed by atoms with Crippen LogP contribution in [0.5, 0.6) is 0 Å². The zero-order valence-corrected chi connectivity index (χ0v) is 7.30. The first-order chi connectivity index (χ1) is 5.16. The molecule has 0 aliphatic rings. The second kappa shape index (κ2) is 6.24. The van der Waals surface area contributed by atoms with Gasteiger partial charge in [-0.3, -0.25) is 0 Å². The molecule has 0 fully saturated rings. The fourth-order valence-corrected chi connectivity index (χ4v) is 1.21. The second-order valence-electron chi connectivity index (χ2n) is 2.14. The lowest BCUT2D eigenvalue weighted by molar-refractivity contribution is -0.131. The topological polar surface area (TPSA) is 63.3 Å². The predicted octanol–water partition coefficient (Wildman–Crippen LogP) is 1.06. The summed E-state index contributed by atoms with van der Waals surface area (Å²) in [4.78, 5) is 9.98. The summed E-state index contributed by atoms with van der Waals surface area (Å²) in [6.45, 7) is 2.01. The molecule has 0 heterocycles. The molecule has 0 saturated carbocycles. The Labute approximate surface area is 70.7 Å². The third-order valence-corrected chi connectivity index (χ3v) is 2.09. The quantitative estimate of drug-likeness (QED) is 0.613. The molecule has 0 bridgehead atoms. The first kappa shape index (κ1) is 10.5. The van der Waals surface area contributed by atoms with Gasteiger partial charge in [0.05, 0.1) is 0 Å². The van der Waals surface area contributed by atoms with Gasteiger partial charge in [0.25, 0.3) is 0 Å². The summed E-state index contributed by atoms with van der Waals surface area (Å²) >= 11 is 1.43. The Hall–Kier alpha value is -0.480.